The van der Waals surface area contributed by atoms with Gasteiger partial charge in [-0.05, 0) is 61.2 Å². The van der Waals surface area contributed by atoms with Gasteiger partial charge in [0.25, 0.3) is 10.0 Å². The number of carbonyl (C=O) groups excluding carboxylic acids is 2. The zero-order chi connectivity index (χ0) is 27.5. The van der Waals surface area contributed by atoms with Gasteiger partial charge in [-0.15, -0.1) is 0 Å². The molecule has 0 aliphatic heterocycles. The first-order chi connectivity index (χ1) is 18.3. The Morgan fingerprint density at radius 3 is 2.08 bits per heavy atom. The number of nitrogens with one attached hydrogen (secondary N) is 1. The number of hydrogen-bond acceptors (Lipinski definition) is 4. The van der Waals surface area contributed by atoms with Gasteiger partial charge in [0.05, 0.1) is 10.6 Å². The maximum Gasteiger partial charge on any atom is 0.264 e. The molecule has 0 heterocycles. The Labute approximate surface area is 230 Å². The van der Waals surface area contributed by atoms with Crippen molar-refractivity contribution in [1.29, 1.82) is 0 Å². The minimum absolute atomic E-state index is 0.0159. The van der Waals surface area contributed by atoms with Gasteiger partial charge in [0.15, 0.2) is 0 Å². The molecule has 1 atom stereocenters. The van der Waals surface area contributed by atoms with Crippen LogP contribution >= 0.6 is 11.6 Å². The molecular weight excluding hydrogens is 522 g/mol. The fourth-order valence-electron chi connectivity index (χ4n) is 4.12. The van der Waals surface area contributed by atoms with Gasteiger partial charge in [-0.25, -0.2) is 8.42 Å². The monoisotopic (exact) mass is 555 g/mol. The highest BCUT2D eigenvalue weighted by Crippen LogP contribution is 2.25. The van der Waals surface area contributed by atoms with E-state index in [9.17, 15) is 18.0 Å². The van der Waals surface area contributed by atoms with Crippen molar-refractivity contribution in [3.8, 4) is 0 Å². The van der Waals surface area contributed by atoms with Crippen molar-refractivity contribution >= 4 is 39.1 Å². The molecule has 3 aromatic carbocycles. The van der Waals surface area contributed by atoms with Crippen molar-refractivity contribution in [2.24, 2.45) is 0 Å². The van der Waals surface area contributed by atoms with E-state index in [2.05, 4.69) is 5.32 Å². The van der Waals surface area contributed by atoms with E-state index in [1.165, 1.54) is 29.2 Å². The summed E-state index contributed by atoms with van der Waals surface area (Å²) >= 11 is 5.98. The predicted molar refractivity (Wildman–Crippen MR) is 152 cm³/mol. The average molecular weight is 556 g/mol. The molecule has 0 saturated carbocycles. The van der Waals surface area contributed by atoms with Gasteiger partial charge < -0.3 is 10.2 Å². The lowest BCUT2D eigenvalue weighted by Crippen LogP contribution is -2.53. The van der Waals surface area contributed by atoms with E-state index in [1.807, 2.05) is 44.2 Å². The number of hydrogen-bond donors (Lipinski definition) is 1. The van der Waals surface area contributed by atoms with Crippen LogP contribution in [0.5, 0.6) is 0 Å². The Morgan fingerprint density at radius 1 is 0.895 bits per heavy atom. The van der Waals surface area contributed by atoms with Crippen molar-refractivity contribution in [3.63, 3.8) is 0 Å². The second-order valence-corrected chi connectivity index (χ2v) is 11.1. The van der Waals surface area contributed by atoms with Crippen LogP contribution in [0, 0.1) is 0 Å². The smallest absolute Gasteiger partial charge is 0.264 e. The molecular formula is C29H34ClN3O4S. The summed E-state index contributed by atoms with van der Waals surface area (Å²) in [6, 6.07) is 23.2. The highest BCUT2D eigenvalue weighted by atomic mass is 35.5. The van der Waals surface area contributed by atoms with Crippen molar-refractivity contribution in [3.05, 3.63) is 95.5 Å². The standard InChI is InChI=1S/C29H34ClN3O4S/c1-3-20-31-29(35)27(4-2)32(21-19-23-11-7-5-8-12-23)28(34)22-33(25-13-9-6-10-14-25)38(36,37)26-17-15-24(30)16-18-26/h5-18,27H,3-4,19-22H2,1-2H3,(H,31,35)/t27-/m0/s1. The molecule has 1 N–H and O–H groups in total. The summed E-state index contributed by atoms with van der Waals surface area (Å²) in [6.07, 6.45) is 1.69. The summed E-state index contributed by atoms with van der Waals surface area (Å²) in [4.78, 5) is 28.4. The Kier molecular flexibility index (Phi) is 10.7. The van der Waals surface area contributed by atoms with Gasteiger partial charge in [-0.2, -0.15) is 0 Å². The number of carbonyl (C=O) groups is 2. The molecule has 38 heavy (non-hydrogen) atoms. The van der Waals surface area contributed by atoms with Crippen molar-refractivity contribution in [2.75, 3.05) is 23.9 Å². The van der Waals surface area contributed by atoms with Crippen molar-refractivity contribution in [2.45, 2.75) is 44.0 Å². The zero-order valence-electron chi connectivity index (χ0n) is 21.7. The summed E-state index contributed by atoms with van der Waals surface area (Å²) in [5.41, 5.74) is 1.37. The summed E-state index contributed by atoms with van der Waals surface area (Å²) in [6.45, 7) is 4.11. The molecule has 2 amide bonds. The summed E-state index contributed by atoms with van der Waals surface area (Å²) in [5, 5.41) is 3.29. The minimum atomic E-state index is -4.11. The first-order valence-corrected chi connectivity index (χ1v) is 14.5. The second-order valence-electron chi connectivity index (χ2n) is 8.84. The number of nitrogens with zero attached hydrogens (tertiary/aromatic N) is 2. The molecule has 0 radical (unpaired) electrons. The molecule has 0 spiro atoms. The maximum absolute atomic E-state index is 13.9. The molecule has 202 valence electrons. The van der Waals surface area contributed by atoms with E-state index < -0.39 is 28.5 Å². The normalized spacial score (nSPS) is 12.0. The van der Waals surface area contributed by atoms with Gasteiger partial charge in [0, 0.05) is 18.1 Å². The minimum Gasteiger partial charge on any atom is -0.354 e. The van der Waals surface area contributed by atoms with Gasteiger partial charge in [0.1, 0.15) is 12.6 Å². The molecule has 0 aromatic heterocycles. The van der Waals surface area contributed by atoms with Crippen molar-refractivity contribution < 1.29 is 18.0 Å². The van der Waals surface area contributed by atoms with E-state index >= 15 is 0 Å². The van der Waals surface area contributed by atoms with Gasteiger partial charge >= 0.3 is 0 Å². The Morgan fingerprint density at radius 2 is 1.50 bits per heavy atom. The molecule has 0 bridgehead atoms. The Balaban J connectivity index is 1.96. The van der Waals surface area contributed by atoms with Gasteiger partial charge in [-0.3, -0.25) is 13.9 Å². The molecule has 3 aromatic rings. The maximum atomic E-state index is 13.9. The number of halogens is 1. The van der Waals surface area contributed by atoms with Crippen LogP contribution in [0.25, 0.3) is 0 Å². The quantitative estimate of drug-likeness (QED) is 0.324. The first kappa shape index (κ1) is 29.2. The third-order valence-corrected chi connectivity index (χ3v) is 8.18. The third-order valence-electron chi connectivity index (χ3n) is 6.14. The highest BCUT2D eigenvalue weighted by molar-refractivity contribution is 7.92. The SMILES string of the molecule is CCCNC(=O)[C@H](CC)N(CCc1ccccc1)C(=O)CN(c1ccccc1)S(=O)(=O)c1ccc(Cl)cc1. The molecule has 9 heteroatoms. The van der Waals surface area contributed by atoms with E-state index in [1.54, 1.807) is 30.3 Å². The molecule has 0 fully saturated rings. The van der Waals surface area contributed by atoms with Crippen LogP contribution in [-0.2, 0) is 26.0 Å². The lowest BCUT2D eigenvalue weighted by molar-refractivity contribution is -0.139. The third kappa shape index (κ3) is 7.58. The van der Waals surface area contributed by atoms with E-state index in [4.69, 9.17) is 11.6 Å². The predicted octanol–water partition coefficient (Wildman–Crippen LogP) is 4.91. The van der Waals surface area contributed by atoms with Crippen LogP contribution in [0.3, 0.4) is 0 Å². The topological polar surface area (TPSA) is 86.8 Å². The van der Waals surface area contributed by atoms with Crippen LogP contribution in [0.15, 0.2) is 89.8 Å². The average Bonchev–Trinajstić information content (AvgIpc) is 2.93. The molecule has 3 rings (SSSR count). The molecule has 0 aliphatic rings. The summed E-state index contributed by atoms with van der Waals surface area (Å²) in [5.74, 6) is -0.705. The van der Waals surface area contributed by atoms with E-state index in [0.717, 1.165) is 16.3 Å². The van der Waals surface area contributed by atoms with Crippen LogP contribution < -0.4 is 9.62 Å². The molecule has 7 nitrogen and oxygen atoms in total. The van der Waals surface area contributed by atoms with Crippen LogP contribution in [0.4, 0.5) is 5.69 Å². The summed E-state index contributed by atoms with van der Waals surface area (Å²) < 4.78 is 28.5. The van der Waals surface area contributed by atoms with Crippen LogP contribution in [0.1, 0.15) is 32.3 Å². The number of para-hydroxylation sites is 1. The Bertz CT molecular complexity index is 1290. The first-order valence-electron chi connectivity index (χ1n) is 12.7. The van der Waals surface area contributed by atoms with E-state index in [0.29, 0.717) is 30.1 Å². The summed E-state index contributed by atoms with van der Waals surface area (Å²) in [7, 11) is -4.11. The van der Waals surface area contributed by atoms with Crippen molar-refractivity contribution in [1.82, 2.24) is 10.2 Å². The number of benzene rings is 3. The number of sulfonamides is 1. The fourth-order valence-corrected chi connectivity index (χ4v) is 5.66. The molecule has 0 aliphatic carbocycles. The Hall–Kier alpha value is -3.36. The fraction of sp³-hybridized carbons (Fsp3) is 0.310. The molecule has 0 saturated heterocycles. The van der Waals surface area contributed by atoms with Crippen LogP contribution in [-0.4, -0.2) is 50.8 Å². The molecule has 0 unspecified atom stereocenters. The lowest BCUT2D eigenvalue weighted by Gasteiger charge is -2.33. The highest BCUT2D eigenvalue weighted by Gasteiger charge is 2.33. The van der Waals surface area contributed by atoms with Crippen LogP contribution in [0.2, 0.25) is 5.02 Å². The largest absolute Gasteiger partial charge is 0.354 e. The number of amides is 2. The van der Waals surface area contributed by atoms with Gasteiger partial charge in [-0.1, -0.05) is 74.0 Å². The zero-order valence-corrected chi connectivity index (χ0v) is 23.3. The number of rotatable bonds is 13. The lowest BCUT2D eigenvalue weighted by atomic mass is 10.1. The number of anilines is 1. The van der Waals surface area contributed by atoms with E-state index in [-0.39, 0.29) is 17.3 Å². The second kappa shape index (κ2) is 14.0. The van der Waals surface area contributed by atoms with Gasteiger partial charge in [0.2, 0.25) is 11.8 Å².